The van der Waals surface area contributed by atoms with Gasteiger partial charge in [0.2, 0.25) is 5.91 Å². The number of carbonyl (C=O) groups is 4. The predicted octanol–water partition coefficient (Wildman–Crippen LogP) is 6.07. The first-order chi connectivity index (χ1) is 21.7. The number of dihydropyridines is 1. The van der Waals surface area contributed by atoms with E-state index in [1.54, 1.807) is 61.5 Å². The van der Waals surface area contributed by atoms with Gasteiger partial charge >= 0.3 is 0 Å². The van der Waals surface area contributed by atoms with Crippen molar-refractivity contribution in [1.29, 1.82) is 5.26 Å². The number of ketones is 2. The Morgan fingerprint density at radius 2 is 1.58 bits per heavy atom. The minimum absolute atomic E-state index is 0.0801. The summed E-state index contributed by atoms with van der Waals surface area (Å²) in [6.07, 6.45) is 1.48. The first-order valence-electron chi connectivity index (χ1n) is 14.0. The Morgan fingerprint density at radius 3 is 2.27 bits per heavy atom. The molecule has 0 unspecified atom stereocenters. The number of hydrogen-bond acceptors (Lipinski definition) is 8. The fraction of sp³-hybridized carbons (Fsp3) is 0.114. The maximum atomic E-state index is 13.5. The molecule has 2 aliphatic rings. The van der Waals surface area contributed by atoms with Crippen molar-refractivity contribution in [3.05, 3.63) is 141 Å². The molecular formula is C35H26N4O5S. The van der Waals surface area contributed by atoms with Gasteiger partial charge in [0, 0.05) is 39.3 Å². The summed E-state index contributed by atoms with van der Waals surface area (Å²) in [6.45, 7) is 3.66. The van der Waals surface area contributed by atoms with Gasteiger partial charge in [0.05, 0.1) is 40.2 Å². The van der Waals surface area contributed by atoms with Crippen LogP contribution in [0.2, 0.25) is 0 Å². The van der Waals surface area contributed by atoms with Gasteiger partial charge in [-0.2, -0.15) is 5.26 Å². The highest BCUT2D eigenvalue weighted by atomic mass is 32.2. The average molecular weight is 615 g/mol. The predicted molar refractivity (Wildman–Crippen MR) is 171 cm³/mol. The maximum Gasteiger partial charge on any atom is 0.254 e. The second-order valence-corrected chi connectivity index (χ2v) is 11.6. The van der Waals surface area contributed by atoms with Crippen LogP contribution in [-0.4, -0.2) is 29.1 Å². The minimum Gasteiger partial charge on any atom is -0.468 e. The number of nitriles is 1. The van der Waals surface area contributed by atoms with E-state index in [0.717, 1.165) is 17.3 Å². The molecule has 10 heteroatoms. The second-order valence-electron chi connectivity index (χ2n) is 10.6. The summed E-state index contributed by atoms with van der Waals surface area (Å²) in [4.78, 5) is 52.6. The maximum absolute atomic E-state index is 13.5. The van der Waals surface area contributed by atoms with E-state index in [1.807, 2.05) is 25.1 Å². The zero-order valence-electron chi connectivity index (χ0n) is 24.3. The van der Waals surface area contributed by atoms with Gasteiger partial charge in [-0.25, -0.2) is 0 Å². The summed E-state index contributed by atoms with van der Waals surface area (Å²) in [5, 5.41) is 19.5. The highest BCUT2D eigenvalue weighted by Crippen LogP contribution is 2.41. The molecule has 0 spiro atoms. The molecule has 3 aromatic carbocycles. The van der Waals surface area contributed by atoms with Crippen molar-refractivity contribution in [3.8, 4) is 6.07 Å². The first-order valence-corrected chi connectivity index (χ1v) is 15.0. The van der Waals surface area contributed by atoms with Gasteiger partial charge < -0.3 is 20.4 Å². The van der Waals surface area contributed by atoms with Gasteiger partial charge in [-0.05, 0) is 61.9 Å². The molecule has 1 aliphatic carbocycles. The van der Waals surface area contributed by atoms with E-state index in [0.29, 0.717) is 44.6 Å². The van der Waals surface area contributed by atoms with E-state index in [-0.39, 0.29) is 45.8 Å². The van der Waals surface area contributed by atoms with Gasteiger partial charge in [0.25, 0.3) is 5.91 Å². The summed E-state index contributed by atoms with van der Waals surface area (Å²) in [6, 6.07) is 24.3. The number of carbonyl (C=O) groups excluding carboxylic acids is 4. The molecule has 1 atom stereocenters. The monoisotopic (exact) mass is 614 g/mol. The Hall–Kier alpha value is -5.66. The molecule has 222 valence electrons. The van der Waals surface area contributed by atoms with Crippen molar-refractivity contribution < 1.29 is 23.6 Å². The van der Waals surface area contributed by atoms with E-state index in [9.17, 15) is 24.4 Å². The third-order valence-corrected chi connectivity index (χ3v) is 8.57. The molecule has 45 heavy (non-hydrogen) atoms. The lowest BCUT2D eigenvalue weighted by molar-refractivity contribution is -0.114. The Kier molecular flexibility index (Phi) is 7.94. The molecule has 2 heterocycles. The van der Waals surface area contributed by atoms with Crippen molar-refractivity contribution in [2.24, 2.45) is 0 Å². The minimum atomic E-state index is -0.798. The standard InChI is InChI=1S/C35H26N4O5S/c1-19-7-5-8-21(15-19)39-34(43)30-20(2)37-35(27(17-36)31(30)28-11-6-14-44-28)45-18-29(40)38-22-12-13-25-26(16-22)33(42)24-10-4-3-9-23(24)32(25)41/h3-16,31,37H,18H2,1-2H3,(H,38,40)(H,39,43)/t31-/m0/s1. The van der Waals surface area contributed by atoms with E-state index in [4.69, 9.17) is 4.42 Å². The number of nitrogens with zero attached hydrogens (tertiary/aromatic N) is 1. The molecule has 9 nitrogen and oxygen atoms in total. The number of hydrogen-bond donors (Lipinski definition) is 3. The highest BCUT2D eigenvalue weighted by Gasteiger charge is 2.37. The lowest BCUT2D eigenvalue weighted by atomic mass is 9.84. The number of benzene rings is 3. The summed E-state index contributed by atoms with van der Waals surface area (Å²) in [7, 11) is 0. The van der Waals surface area contributed by atoms with Gasteiger partial charge in [0.15, 0.2) is 11.6 Å². The summed E-state index contributed by atoms with van der Waals surface area (Å²) < 4.78 is 5.67. The summed E-state index contributed by atoms with van der Waals surface area (Å²) >= 11 is 1.11. The second kappa shape index (κ2) is 12.1. The summed E-state index contributed by atoms with van der Waals surface area (Å²) in [5.41, 5.74) is 4.25. The van der Waals surface area contributed by atoms with E-state index >= 15 is 0 Å². The van der Waals surface area contributed by atoms with Crippen LogP contribution in [-0.2, 0) is 9.59 Å². The van der Waals surface area contributed by atoms with Crippen molar-refractivity contribution >= 4 is 46.5 Å². The SMILES string of the molecule is CC1=C(C(=O)Nc2cccc(C)c2)[C@H](c2ccco2)C(C#N)=C(SCC(=O)Nc2ccc3c(c2)C(=O)c2ccccc2C3=O)N1. The zero-order chi connectivity index (χ0) is 31.7. The Morgan fingerprint density at radius 1 is 0.867 bits per heavy atom. The highest BCUT2D eigenvalue weighted by molar-refractivity contribution is 8.03. The van der Waals surface area contributed by atoms with Gasteiger partial charge in [-0.3, -0.25) is 19.2 Å². The number of nitrogens with one attached hydrogen (secondary N) is 3. The van der Waals surface area contributed by atoms with E-state index < -0.39 is 5.92 Å². The average Bonchev–Trinajstić information content (AvgIpc) is 3.57. The fourth-order valence-corrected chi connectivity index (χ4v) is 6.39. The zero-order valence-corrected chi connectivity index (χ0v) is 25.1. The smallest absolute Gasteiger partial charge is 0.254 e. The number of thioether (sulfide) groups is 1. The quantitative estimate of drug-likeness (QED) is 0.201. The van der Waals surface area contributed by atoms with E-state index in [2.05, 4.69) is 22.0 Å². The first kappa shape index (κ1) is 29.4. The Balaban J connectivity index is 1.20. The van der Waals surface area contributed by atoms with Crippen LogP contribution in [0.4, 0.5) is 11.4 Å². The Labute approximate surface area is 263 Å². The number of amides is 2. The number of anilines is 2. The van der Waals surface area contributed by atoms with Crippen LogP contribution in [0.25, 0.3) is 0 Å². The molecule has 6 rings (SSSR count). The normalized spacial score (nSPS) is 15.5. The third-order valence-electron chi connectivity index (χ3n) is 7.55. The van der Waals surface area contributed by atoms with Gasteiger partial charge in [-0.15, -0.1) is 0 Å². The molecule has 2 amide bonds. The van der Waals surface area contributed by atoms with E-state index in [1.165, 1.54) is 12.3 Å². The number of rotatable bonds is 7. The Bertz CT molecular complexity index is 2000. The molecule has 1 aliphatic heterocycles. The van der Waals surface area contributed by atoms with Crippen molar-refractivity contribution in [2.75, 3.05) is 16.4 Å². The van der Waals surface area contributed by atoms with Crippen LogP contribution in [0.5, 0.6) is 0 Å². The molecule has 0 radical (unpaired) electrons. The van der Waals surface area contributed by atoms with Crippen molar-refractivity contribution in [3.63, 3.8) is 0 Å². The topological polar surface area (TPSA) is 141 Å². The molecule has 4 aromatic rings. The van der Waals surface area contributed by atoms with Crippen LogP contribution >= 0.6 is 11.8 Å². The molecule has 0 saturated carbocycles. The molecule has 0 saturated heterocycles. The van der Waals surface area contributed by atoms with Crippen molar-refractivity contribution in [1.82, 2.24) is 5.32 Å². The van der Waals surface area contributed by atoms with Crippen molar-refractivity contribution in [2.45, 2.75) is 19.8 Å². The van der Waals surface area contributed by atoms with Gasteiger partial charge in [-0.1, -0.05) is 48.2 Å². The fourth-order valence-electron chi connectivity index (χ4n) is 5.50. The van der Waals surface area contributed by atoms with Gasteiger partial charge in [0.1, 0.15) is 5.76 Å². The molecule has 0 bridgehead atoms. The largest absolute Gasteiger partial charge is 0.468 e. The summed E-state index contributed by atoms with van der Waals surface area (Å²) in [5.74, 6) is -1.76. The molecule has 3 N–H and O–H groups in total. The van der Waals surface area contributed by atoms with Crippen LogP contribution in [0, 0.1) is 18.3 Å². The van der Waals surface area contributed by atoms with Crippen LogP contribution in [0.1, 0.15) is 56.0 Å². The van der Waals surface area contributed by atoms with Crippen LogP contribution in [0.15, 0.2) is 111 Å². The number of fused-ring (bicyclic) bond motifs is 2. The number of aryl methyl sites for hydroxylation is 1. The lowest BCUT2D eigenvalue weighted by Crippen LogP contribution is -2.31. The lowest BCUT2D eigenvalue weighted by Gasteiger charge is -2.28. The molecule has 1 aromatic heterocycles. The number of furan rings is 1. The molecular weight excluding hydrogens is 588 g/mol. The number of allylic oxidation sites excluding steroid dienone is 2. The third kappa shape index (κ3) is 5.69. The van der Waals surface area contributed by atoms with Crippen LogP contribution < -0.4 is 16.0 Å². The van der Waals surface area contributed by atoms with Crippen LogP contribution in [0.3, 0.4) is 0 Å². The molecule has 0 fully saturated rings.